The molecule has 2 aliphatic carbocycles. The first-order valence-electron chi connectivity index (χ1n) is 19.0. The Kier molecular flexibility index (Phi) is 9.76. The molecule has 4 heterocycles. The second kappa shape index (κ2) is 14.1. The maximum absolute atomic E-state index is 14.9. The first-order chi connectivity index (χ1) is 25.8. The van der Waals surface area contributed by atoms with Crippen LogP contribution in [0.1, 0.15) is 77.8 Å². The van der Waals surface area contributed by atoms with Gasteiger partial charge in [-0.05, 0) is 104 Å². The predicted octanol–water partition coefficient (Wildman–Crippen LogP) is 5.99. The summed E-state index contributed by atoms with van der Waals surface area (Å²) in [5.41, 5.74) is 3.08. The highest BCUT2D eigenvalue weighted by Crippen LogP contribution is 2.57. The summed E-state index contributed by atoms with van der Waals surface area (Å²) < 4.78 is 48.1. The number of ether oxygens (including phenoxy) is 4. The number of benzene rings is 2. The Hall–Kier alpha value is -3.65. The number of halogens is 1. The Bertz CT molecular complexity index is 2100. The van der Waals surface area contributed by atoms with Crippen molar-refractivity contribution >= 4 is 39.0 Å². The SMILES string of the molecule is COc1nn(C)cc1C(=O)NS1(=O)=NC(=O)c2ccc3c(c2)N(C[C@H](C)[C@H]2C[C@@]2(OC)C[C@H]2CCO[C@@H]2[C@H](C)C1)C[C@@]1(CCCc2cc(Cl)ccc21)CO3. The zero-order valence-electron chi connectivity index (χ0n) is 31.6. The fraction of sp³-hybridized carbons (Fsp3) is 0.575. The molecule has 2 bridgehead atoms. The maximum atomic E-state index is 14.9. The minimum absolute atomic E-state index is 0.0788. The van der Waals surface area contributed by atoms with Crippen LogP contribution in [0.2, 0.25) is 5.02 Å². The van der Waals surface area contributed by atoms with Gasteiger partial charge in [-0.3, -0.25) is 19.0 Å². The van der Waals surface area contributed by atoms with Crippen molar-refractivity contribution in [3.63, 3.8) is 0 Å². The van der Waals surface area contributed by atoms with Gasteiger partial charge in [0.2, 0.25) is 5.88 Å². The molecule has 290 valence electrons. The second-order valence-corrected chi connectivity index (χ2v) is 18.7. The standard InChI is InChI=1S/C40H50ClN5O7S/c1-24-19-46-22-39(13-6-7-26-15-29(41)9-10-31(26)39)23-53-34-11-8-27(16-33(34)46)36(47)43-54(49,44-37(48)30-20-45(3)42-38(30)50-4)21-25(2)35-28(12-14-52-35)17-40(51-5)18-32(24)40/h8-11,15-16,20,24-25,28,32,35H,6-7,12-14,17-19,21-23H2,1-5H3,(H,43,44,47,48,49)/t24-,25+,28+,32+,35+,39-,40-,54?/m0/s1. The third-order valence-electron chi connectivity index (χ3n) is 12.6. The van der Waals surface area contributed by atoms with E-state index in [2.05, 4.69) is 38.1 Å². The van der Waals surface area contributed by atoms with Gasteiger partial charge in [0.05, 0.1) is 36.9 Å². The maximum Gasteiger partial charge on any atom is 0.286 e. The topological polar surface area (TPSA) is 134 Å². The van der Waals surface area contributed by atoms with E-state index in [1.165, 1.54) is 29.1 Å². The molecular weight excluding hydrogens is 730 g/mol. The third kappa shape index (κ3) is 6.79. The van der Waals surface area contributed by atoms with Gasteiger partial charge in [-0.2, -0.15) is 0 Å². The molecule has 3 aliphatic heterocycles. The summed E-state index contributed by atoms with van der Waals surface area (Å²) in [5, 5.41) is 4.91. The summed E-state index contributed by atoms with van der Waals surface area (Å²) in [6, 6.07) is 11.5. The molecule has 14 heteroatoms. The molecule has 1 N–H and O–H groups in total. The highest BCUT2D eigenvalue weighted by molar-refractivity contribution is 7.92. The normalized spacial score (nSPS) is 33.4. The highest BCUT2D eigenvalue weighted by atomic mass is 35.5. The van der Waals surface area contributed by atoms with Crippen molar-refractivity contribution < 1.29 is 32.7 Å². The smallest absolute Gasteiger partial charge is 0.286 e. The number of hydrogen-bond donors (Lipinski definition) is 1. The van der Waals surface area contributed by atoms with Crippen molar-refractivity contribution in [2.24, 2.45) is 35.1 Å². The summed E-state index contributed by atoms with van der Waals surface area (Å²) >= 11 is 6.48. The largest absolute Gasteiger partial charge is 0.490 e. The lowest BCUT2D eigenvalue weighted by Gasteiger charge is -2.41. The average Bonchev–Trinajstić information content (AvgIpc) is 3.49. The number of methoxy groups -OCH3 is 2. The molecule has 0 radical (unpaired) electrons. The van der Waals surface area contributed by atoms with Crippen LogP contribution >= 0.6 is 11.6 Å². The lowest BCUT2D eigenvalue weighted by Crippen LogP contribution is -2.47. The average molecular weight is 780 g/mol. The number of amides is 2. The van der Waals surface area contributed by atoms with Crippen LogP contribution in [0.15, 0.2) is 47.0 Å². The van der Waals surface area contributed by atoms with Gasteiger partial charge in [-0.1, -0.05) is 31.5 Å². The minimum atomic E-state index is -3.68. The van der Waals surface area contributed by atoms with Gasteiger partial charge in [0, 0.05) is 56.1 Å². The van der Waals surface area contributed by atoms with Crippen LogP contribution in [0.3, 0.4) is 0 Å². The van der Waals surface area contributed by atoms with Crippen molar-refractivity contribution in [1.82, 2.24) is 14.5 Å². The molecule has 2 fully saturated rings. The van der Waals surface area contributed by atoms with Gasteiger partial charge < -0.3 is 23.8 Å². The van der Waals surface area contributed by atoms with Gasteiger partial charge >= 0.3 is 0 Å². The molecule has 12 nitrogen and oxygen atoms in total. The quantitative estimate of drug-likeness (QED) is 0.339. The van der Waals surface area contributed by atoms with Crippen molar-refractivity contribution in [3.8, 4) is 11.6 Å². The molecule has 5 aliphatic rings. The van der Waals surface area contributed by atoms with Crippen LogP contribution in [0.5, 0.6) is 11.6 Å². The number of rotatable bonds is 4. The molecule has 3 aromatic rings. The molecule has 54 heavy (non-hydrogen) atoms. The molecule has 1 spiro atoms. The minimum Gasteiger partial charge on any atom is -0.490 e. The van der Waals surface area contributed by atoms with E-state index in [0.29, 0.717) is 31.4 Å². The van der Waals surface area contributed by atoms with E-state index in [9.17, 15) is 13.8 Å². The van der Waals surface area contributed by atoms with Crippen molar-refractivity contribution in [3.05, 3.63) is 69.9 Å². The highest BCUT2D eigenvalue weighted by Gasteiger charge is 2.59. The van der Waals surface area contributed by atoms with E-state index in [1.807, 2.05) is 32.2 Å². The number of nitrogens with one attached hydrogen (secondary N) is 1. The zero-order valence-corrected chi connectivity index (χ0v) is 33.2. The Labute approximate surface area is 322 Å². The summed E-state index contributed by atoms with van der Waals surface area (Å²) in [6.45, 7) is 6.75. The van der Waals surface area contributed by atoms with Gasteiger partial charge in [0.1, 0.15) is 21.2 Å². The number of fused-ring (bicyclic) bond motifs is 5. The third-order valence-corrected chi connectivity index (χ3v) is 14.8. The molecule has 1 aromatic heterocycles. The number of aryl methyl sites for hydroxylation is 2. The summed E-state index contributed by atoms with van der Waals surface area (Å²) in [6.07, 6.45) is 6.78. The molecule has 8 rings (SSSR count). The molecule has 2 amide bonds. The van der Waals surface area contributed by atoms with Crippen LogP contribution in [-0.4, -0.2) is 83.8 Å². The molecule has 1 unspecified atom stereocenters. The van der Waals surface area contributed by atoms with Crippen molar-refractivity contribution in [2.45, 2.75) is 69.5 Å². The van der Waals surface area contributed by atoms with Crippen LogP contribution in [0.25, 0.3) is 0 Å². The number of anilines is 1. The second-order valence-electron chi connectivity index (χ2n) is 16.3. The van der Waals surface area contributed by atoms with Gasteiger partial charge in [0.15, 0.2) is 0 Å². The van der Waals surface area contributed by atoms with Gasteiger partial charge in [-0.15, -0.1) is 9.46 Å². The van der Waals surface area contributed by atoms with Crippen LogP contribution in [0.4, 0.5) is 5.69 Å². The molecular formula is C40H50ClN5O7S. The Balaban J connectivity index is 1.22. The van der Waals surface area contributed by atoms with E-state index < -0.39 is 21.7 Å². The Morgan fingerprint density at radius 2 is 1.96 bits per heavy atom. The van der Waals surface area contributed by atoms with Crippen LogP contribution in [0, 0.1) is 23.7 Å². The monoisotopic (exact) mass is 779 g/mol. The molecule has 8 atom stereocenters. The lowest BCUT2D eigenvalue weighted by atomic mass is 9.70. The fourth-order valence-corrected chi connectivity index (χ4v) is 12.0. The van der Waals surface area contributed by atoms with Crippen molar-refractivity contribution in [2.75, 3.05) is 51.2 Å². The van der Waals surface area contributed by atoms with Crippen molar-refractivity contribution in [1.29, 1.82) is 0 Å². The lowest BCUT2D eigenvalue weighted by molar-refractivity contribution is 0.00553. The first kappa shape index (κ1) is 37.3. The zero-order chi connectivity index (χ0) is 38.0. The van der Waals surface area contributed by atoms with E-state index in [0.717, 1.165) is 55.8 Å². The van der Waals surface area contributed by atoms with Gasteiger partial charge in [0.25, 0.3) is 11.8 Å². The van der Waals surface area contributed by atoms with E-state index in [4.69, 9.17) is 30.5 Å². The van der Waals surface area contributed by atoms with Crippen LogP contribution in [-0.2, 0) is 38.3 Å². The summed E-state index contributed by atoms with van der Waals surface area (Å²) in [7, 11) is 1.20. The number of carbonyl (C=O) groups is 2. The van der Waals surface area contributed by atoms with E-state index >= 15 is 0 Å². The van der Waals surface area contributed by atoms with Crippen LogP contribution < -0.4 is 19.1 Å². The summed E-state index contributed by atoms with van der Waals surface area (Å²) in [4.78, 5) is 30.3. The van der Waals surface area contributed by atoms with E-state index in [1.54, 1.807) is 13.1 Å². The summed E-state index contributed by atoms with van der Waals surface area (Å²) in [5.74, 6) is -0.247. The predicted molar refractivity (Wildman–Crippen MR) is 206 cm³/mol. The first-order valence-corrected chi connectivity index (χ1v) is 21.1. The number of aromatic nitrogens is 2. The van der Waals surface area contributed by atoms with Gasteiger partial charge in [-0.25, -0.2) is 4.21 Å². The molecule has 2 aromatic carbocycles. The molecule has 1 saturated carbocycles. The Morgan fingerprint density at radius 3 is 2.76 bits per heavy atom. The van der Waals surface area contributed by atoms with E-state index in [-0.39, 0.29) is 57.6 Å². The fourth-order valence-electron chi connectivity index (χ4n) is 9.97. The number of nitrogens with zero attached hydrogens (tertiary/aromatic N) is 4. The number of carbonyl (C=O) groups excluding carboxylic acids is 2. The molecule has 1 saturated heterocycles. The Morgan fingerprint density at radius 1 is 1.13 bits per heavy atom. The number of hydrogen-bond acceptors (Lipinski definition) is 9.